The van der Waals surface area contributed by atoms with Gasteiger partial charge in [-0.3, -0.25) is 4.79 Å². The van der Waals surface area contributed by atoms with Crippen LogP contribution in [0.15, 0.2) is 47.3 Å². The first-order valence-corrected chi connectivity index (χ1v) is 7.49. The van der Waals surface area contributed by atoms with Crippen molar-refractivity contribution in [2.75, 3.05) is 0 Å². The van der Waals surface area contributed by atoms with Crippen LogP contribution >= 0.6 is 0 Å². The van der Waals surface area contributed by atoms with E-state index in [0.717, 1.165) is 16.8 Å². The van der Waals surface area contributed by atoms with E-state index in [2.05, 4.69) is 10.5 Å². The molecule has 0 bridgehead atoms. The van der Waals surface area contributed by atoms with Gasteiger partial charge in [0.2, 0.25) is 5.91 Å². The Balaban J connectivity index is 1.89. The molecular weight excluding hydrogens is 279 g/mol. The maximum atomic E-state index is 14.7. The molecule has 22 heavy (non-hydrogen) atoms. The van der Waals surface area contributed by atoms with E-state index in [0.29, 0.717) is 18.4 Å². The number of hydrogen-bond acceptors (Lipinski definition) is 2. The molecule has 1 unspecified atom stereocenters. The molecule has 1 aliphatic carbocycles. The van der Waals surface area contributed by atoms with E-state index in [1.807, 2.05) is 50.3 Å². The van der Waals surface area contributed by atoms with Crippen LogP contribution in [0.2, 0.25) is 0 Å². The summed E-state index contributed by atoms with van der Waals surface area (Å²) in [7, 11) is 0. The first-order chi connectivity index (χ1) is 10.5. The number of benzene rings is 1. The number of carbonyl (C=O) groups is 1. The molecule has 0 saturated carbocycles. The summed E-state index contributed by atoms with van der Waals surface area (Å²) in [6.07, 6.45) is 5.12. The highest BCUT2D eigenvalue weighted by Gasteiger charge is 2.34. The molecule has 0 spiro atoms. The van der Waals surface area contributed by atoms with Crippen molar-refractivity contribution in [1.29, 1.82) is 0 Å². The van der Waals surface area contributed by atoms with Crippen molar-refractivity contribution in [1.82, 2.24) is 5.43 Å². The van der Waals surface area contributed by atoms with Crippen LogP contribution in [-0.2, 0) is 4.79 Å². The number of carbonyl (C=O) groups excluding carboxylic acids is 1. The molecule has 1 aromatic rings. The van der Waals surface area contributed by atoms with Crippen LogP contribution in [0.3, 0.4) is 0 Å². The number of hydrazone groups is 1. The second-order valence-corrected chi connectivity index (χ2v) is 6.21. The molecule has 1 N–H and O–H groups in total. The lowest BCUT2D eigenvalue weighted by Gasteiger charge is -2.32. The molecule has 0 radical (unpaired) electrons. The third kappa shape index (κ3) is 2.73. The zero-order valence-electron chi connectivity index (χ0n) is 12.8. The SMILES string of the molecule is Cc1cccc(C2=C(F)CC(C)(C3=NNC(=O)CC3)C=C2)c1. The number of amides is 1. The van der Waals surface area contributed by atoms with Crippen molar-refractivity contribution in [3.8, 4) is 0 Å². The van der Waals surface area contributed by atoms with Crippen LogP contribution in [0, 0.1) is 12.3 Å². The topological polar surface area (TPSA) is 41.5 Å². The number of nitrogens with zero attached hydrogens (tertiary/aromatic N) is 1. The average molecular weight is 298 g/mol. The molecule has 2 aliphatic rings. The Kier molecular flexibility index (Phi) is 3.69. The second kappa shape index (κ2) is 5.52. The van der Waals surface area contributed by atoms with Gasteiger partial charge in [-0.25, -0.2) is 9.82 Å². The Morgan fingerprint density at radius 1 is 1.32 bits per heavy atom. The number of nitrogens with one attached hydrogen (secondary N) is 1. The average Bonchev–Trinajstić information content (AvgIpc) is 2.47. The highest BCUT2D eigenvalue weighted by atomic mass is 19.1. The molecule has 1 aromatic carbocycles. The third-order valence-corrected chi connectivity index (χ3v) is 4.33. The minimum absolute atomic E-state index is 0.0800. The van der Waals surface area contributed by atoms with Gasteiger partial charge in [0.25, 0.3) is 0 Å². The van der Waals surface area contributed by atoms with Crippen LogP contribution < -0.4 is 5.43 Å². The fraction of sp³-hybridized carbons (Fsp3) is 0.333. The predicted molar refractivity (Wildman–Crippen MR) is 85.9 cm³/mol. The van der Waals surface area contributed by atoms with Crippen molar-refractivity contribution in [3.05, 3.63) is 53.4 Å². The van der Waals surface area contributed by atoms with Gasteiger partial charge >= 0.3 is 0 Å². The Hall–Kier alpha value is -2.23. The van der Waals surface area contributed by atoms with Gasteiger partial charge in [-0.15, -0.1) is 0 Å². The van der Waals surface area contributed by atoms with Gasteiger partial charge in [0.1, 0.15) is 5.83 Å². The van der Waals surface area contributed by atoms with Crippen LogP contribution in [0.4, 0.5) is 4.39 Å². The van der Waals surface area contributed by atoms with Gasteiger partial charge < -0.3 is 0 Å². The quantitative estimate of drug-likeness (QED) is 0.883. The minimum atomic E-state index is -0.467. The van der Waals surface area contributed by atoms with Crippen LogP contribution in [0.5, 0.6) is 0 Å². The summed E-state index contributed by atoms with van der Waals surface area (Å²) < 4.78 is 14.7. The largest absolute Gasteiger partial charge is 0.273 e. The Morgan fingerprint density at radius 3 is 2.77 bits per heavy atom. The molecule has 4 heteroatoms. The lowest BCUT2D eigenvalue weighted by molar-refractivity contribution is -0.121. The first-order valence-electron chi connectivity index (χ1n) is 7.49. The van der Waals surface area contributed by atoms with Crippen molar-refractivity contribution in [2.24, 2.45) is 10.5 Å². The Bertz CT molecular complexity index is 718. The predicted octanol–water partition coefficient (Wildman–Crippen LogP) is 3.91. The van der Waals surface area contributed by atoms with Crippen molar-refractivity contribution in [3.63, 3.8) is 0 Å². The third-order valence-electron chi connectivity index (χ3n) is 4.33. The van der Waals surface area contributed by atoms with Crippen molar-refractivity contribution in [2.45, 2.75) is 33.1 Å². The van der Waals surface area contributed by atoms with E-state index in [-0.39, 0.29) is 18.2 Å². The normalized spacial score (nSPS) is 25.0. The lowest BCUT2D eigenvalue weighted by Crippen LogP contribution is -2.35. The highest BCUT2D eigenvalue weighted by Crippen LogP contribution is 2.40. The molecule has 1 aliphatic heterocycles. The lowest BCUT2D eigenvalue weighted by atomic mass is 9.74. The van der Waals surface area contributed by atoms with E-state index < -0.39 is 5.41 Å². The molecule has 3 nitrogen and oxygen atoms in total. The molecular formula is C18H19FN2O. The van der Waals surface area contributed by atoms with E-state index in [1.165, 1.54) is 0 Å². The van der Waals surface area contributed by atoms with Gasteiger partial charge in [-0.05, 0) is 18.9 Å². The summed E-state index contributed by atoms with van der Waals surface area (Å²) >= 11 is 0. The van der Waals surface area contributed by atoms with Crippen LogP contribution in [0.1, 0.15) is 37.3 Å². The van der Waals surface area contributed by atoms with E-state index >= 15 is 0 Å². The summed E-state index contributed by atoms with van der Waals surface area (Å²) in [4.78, 5) is 11.2. The summed E-state index contributed by atoms with van der Waals surface area (Å²) in [6.45, 7) is 3.96. The molecule has 1 atom stereocenters. The molecule has 114 valence electrons. The second-order valence-electron chi connectivity index (χ2n) is 6.21. The molecule has 0 aromatic heterocycles. The maximum absolute atomic E-state index is 14.7. The highest BCUT2D eigenvalue weighted by molar-refractivity contribution is 5.98. The summed E-state index contributed by atoms with van der Waals surface area (Å²) in [5, 5.41) is 4.13. The number of halogens is 1. The molecule has 3 rings (SSSR count). The number of aryl methyl sites for hydroxylation is 1. The number of hydrogen-bond donors (Lipinski definition) is 1. The molecule has 1 heterocycles. The van der Waals surface area contributed by atoms with Crippen molar-refractivity contribution >= 4 is 17.2 Å². The van der Waals surface area contributed by atoms with Crippen molar-refractivity contribution < 1.29 is 9.18 Å². The van der Waals surface area contributed by atoms with Gasteiger partial charge in [0, 0.05) is 29.5 Å². The number of rotatable bonds is 2. The van der Waals surface area contributed by atoms with Gasteiger partial charge in [0.05, 0.1) is 0 Å². The number of allylic oxidation sites excluding steroid dienone is 4. The summed E-state index contributed by atoms with van der Waals surface area (Å²) in [6, 6.07) is 7.85. The zero-order valence-corrected chi connectivity index (χ0v) is 12.8. The Labute approximate surface area is 129 Å². The van der Waals surface area contributed by atoms with Gasteiger partial charge in [-0.2, -0.15) is 5.10 Å². The first kappa shape index (κ1) is 14.7. The van der Waals surface area contributed by atoms with Gasteiger partial charge in [0.15, 0.2) is 0 Å². The van der Waals surface area contributed by atoms with E-state index in [1.54, 1.807) is 0 Å². The van der Waals surface area contributed by atoms with Crippen LogP contribution in [0.25, 0.3) is 5.57 Å². The molecule has 0 saturated heterocycles. The standard InChI is InChI=1S/C18H19FN2O/c1-12-4-3-5-13(10-12)14-8-9-18(2,11-15(14)19)16-6-7-17(22)21-20-16/h3-5,8-10H,6-7,11H2,1-2H3,(H,21,22). The fourth-order valence-electron chi connectivity index (χ4n) is 2.98. The van der Waals surface area contributed by atoms with E-state index in [9.17, 15) is 9.18 Å². The zero-order chi connectivity index (χ0) is 15.7. The molecule has 0 fully saturated rings. The van der Waals surface area contributed by atoms with Gasteiger partial charge in [-0.1, -0.05) is 48.9 Å². The van der Waals surface area contributed by atoms with Crippen LogP contribution in [-0.4, -0.2) is 11.6 Å². The summed E-state index contributed by atoms with van der Waals surface area (Å²) in [5.41, 5.74) is 5.51. The minimum Gasteiger partial charge on any atom is -0.273 e. The Morgan fingerprint density at radius 2 is 2.14 bits per heavy atom. The summed E-state index contributed by atoms with van der Waals surface area (Å²) in [5.74, 6) is -0.209. The fourth-order valence-corrected chi connectivity index (χ4v) is 2.98. The maximum Gasteiger partial charge on any atom is 0.240 e. The monoisotopic (exact) mass is 298 g/mol. The van der Waals surface area contributed by atoms with E-state index in [4.69, 9.17) is 0 Å². The molecule has 1 amide bonds. The smallest absolute Gasteiger partial charge is 0.240 e.